The van der Waals surface area contributed by atoms with Gasteiger partial charge in [0.15, 0.2) is 0 Å². The van der Waals surface area contributed by atoms with Crippen LogP contribution < -0.4 is 0 Å². The molecule has 0 heterocycles. The summed E-state index contributed by atoms with van der Waals surface area (Å²) in [4.78, 5) is 0. The van der Waals surface area contributed by atoms with Crippen LogP contribution in [0.3, 0.4) is 0 Å². The topological polar surface area (TPSA) is 112 Å². The molecule has 0 saturated carbocycles. The maximum atomic E-state index is 8.74. The first-order chi connectivity index (χ1) is 3.41. The van der Waals surface area contributed by atoms with Crippen molar-refractivity contribution in [3.63, 3.8) is 0 Å². The van der Waals surface area contributed by atoms with E-state index in [1.165, 1.54) is 0 Å². The van der Waals surface area contributed by atoms with Gasteiger partial charge < -0.3 is 8.56 Å². The number of rotatable bonds is 0. The third-order valence-corrected chi connectivity index (χ3v) is 0. The first kappa shape index (κ1) is 29.3. The summed E-state index contributed by atoms with van der Waals surface area (Å²) < 4.78 is 47.2. The van der Waals surface area contributed by atoms with Gasteiger partial charge in [0, 0.05) is 0 Å². The minimum absolute atomic E-state index is 0. The van der Waals surface area contributed by atoms with Crippen LogP contribution in [0.4, 0.5) is 0 Å². The van der Waals surface area contributed by atoms with Crippen molar-refractivity contribution in [3.8, 4) is 0 Å². The third kappa shape index (κ3) is 134. The fraction of sp³-hybridized carbons (Fsp3) is 0. The monoisotopic (exact) mass is 284 g/mol. The second-order valence-electron chi connectivity index (χ2n) is 0.553. The van der Waals surface area contributed by atoms with Gasteiger partial charge in [-0.3, -0.25) is 9.11 Å². The molecular formula is H9AlCa3O6S. The first-order valence-corrected chi connectivity index (χ1v) is 3.58. The fourth-order valence-electron chi connectivity index (χ4n) is 0. The Hall–Kier alpha value is 3.78. The second-order valence-corrected chi connectivity index (χ2v) is 1.66. The van der Waals surface area contributed by atoms with E-state index in [2.05, 4.69) is 0 Å². The molecule has 3 N–H and O–H groups in total. The molecule has 0 aliphatic rings. The quantitative estimate of drug-likeness (QED) is 0.344. The van der Waals surface area contributed by atoms with Gasteiger partial charge in [0.25, 0.3) is 0 Å². The van der Waals surface area contributed by atoms with E-state index in [9.17, 15) is 0 Å². The summed E-state index contributed by atoms with van der Waals surface area (Å²) in [5.74, 6) is 0. The predicted octanol–water partition coefficient (Wildman–Crippen LogP) is -2.18. The summed E-state index contributed by atoms with van der Waals surface area (Å²) in [5.41, 5.74) is 0. The molecule has 0 aliphatic heterocycles. The second kappa shape index (κ2) is 19.4. The molecule has 0 bridgehead atoms. The Morgan fingerprint density at radius 3 is 1.09 bits per heavy atom. The molecule has 0 spiro atoms. The van der Waals surface area contributed by atoms with Gasteiger partial charge >= 0.3 is 147 Å². The zero-order chi connectivity index (χ0) is 7.21. The Labute approximate surface area is 169 Å². The van der Waals surface area contributed by atoms with Crippen LogP contribution >= 0.6 is 0 Å². The van der Waals surface area contributed by atoms with Crippen LogP contribution in [-0.2, 0) is 14.2 Å². The molecule has 0 saturated heterocycles. The molecule has 11 heteroatoms. The zero-order valence-electron chi connectivity index (χ0n) is 11.7. The Kier molecular flexibility index (Phi) is 51.7. The van der Waals surface area contributed by atoms with Crippen molar-refractivity contribution in [2.24, 2.45) is 0 Å². The van der Waals surface area contributed by atoms with Crippen molar-refractivity contribution in [2.75, 3.05) is 0 Å². The van der Waals surface area contributed by atoms with E-state index in [-0.39, 0.29) is 122 Å². The standard InChI is InChI=1S/Al.3Ca.H2O4S.H2O.O.6H/c;;;;1-5(2,3)4;;;;;;;;/h;;;;(H2,1,2,3,4);1H2;;;;;;;/q+1;3*+2;;;;6*-1/p-1. The molecule has 0 atom stereocenters. The molecule has 0 fully saturated rings. The van der Waals surface area contributed by atoms with Crippen LogP contribution in [0.15, 0.2) is 0 Å². The Morgan fingerprint density at radius 2 is 1.09 bits per heavy atom. The molecule has 6 nitrogen and oxygen atoms in total. The van der Waals surface area contributed by atoms with Gasteiger partial charge in [0.05, 0.1) is 0 Å². The van der Waals surface area contributed by atoms with Gasteiger partial charge in [-0.2, -0.15) is 8.42 Å². The van der Waals surface area contributed by atoms with E-state index >= 15 is 0 Å². The van der Waals surface area contributed by atoms with Crippen LogP contribution in [0.5, 0.6) is 0 Å². The van der Waals surface area contributed by atoms with Gasteiger partial charge in [0.2, 0.25) is 0 Å². The van der Waals surface area contributed by atoms with Crippen molar-refractivity contribution in [2.45, 2.75) is 0 Å². The molecule has 0 aromatic heterocycles. The molecule has 11 heavy (non-hydrogen) atoms. The molecule has 0 rings (SSSR count). The molecule has 0 amide bonds. The Balaban J connectivity index is -0.00000000317. The van der Waals surface area contributed by atoms with Crippen LogP contribution in [-0.4, -0.2) is 150 Å². The van der Waals surface area contributed by atoms with Gasteiger partial charge in [-0.15, -0.1) is 0 Å². The van der Waals surface area contributed by atoms with Crippen LogP contribution in [0.2, 0.25) is 0 Å². The molecule has 0 aromatic rings. The van der Waals surface area contributed by atoms with Crippen molar-refractivity contribution >= 4 is 139 Å². The Morgan fingerprint density at radius 1 is 1.09 bits per heavy atom. The van der Waals surface area contributed by atoms with Gasteiger partial charge in [-0.05, 0) is 0 Å². The van der Waals surface area contributed by atoms with E-state index < -0.39 is 25.9 Å². The first-order valence-electron chi connectivity index (χ1n) is 1.19. The Bertz CT molecular complexity index is 148. The zero-order valence-corrected chi connectivity index (χ0v) is 14.3. The predicted molar refractivity (Wildman–Crippen MR) is 46.8 cm³/mol. The summed E-state index contributed by atoms with van der Waals surface area (Å²) in [6.45, 7) is 0. The molecular weight excluding hydrogens is 275 g/mol. The molecule has 0 aliphatic carbocycles. The fourth-order valence-corrected chi connectivity index (χ4v) is 0. The number of hydrogen-bond acceptors (Lipinski definition) is 3. The third-order valence-electron chi connectivity index (χ3n) is 0. The maximum absolute atomic E-state index is 8.74. The summed E-state index contributed by atoms with van der Waals surface area (Å²) >= 11 is -1.50. The van der Waals surface area contributed by atoms with E-state index in [4.69, 9.17) is 25.5 Å². The molecule has 0 unspecified atom stereocenters. The number of hydrogen-bond donors (Lipinski definition) is 3. The van der Waals surface area contributed by atoms with E-state index in [0.29, 0.717) is 0 Å². The van der Waals surface area contributed by atoms with E-state index in [1.807, 2.05) is 0 Å². The average Bonchev–Trinajstić information content (AvgIpc) is 1.27. The van der Waals surface area contributed by atoms with Crippen molar-refractivity contribution in [3.05, 3.63) is 0 Å². The molecule has 0 aromatic carbocycles. The van der Waals surface area contributed by atoms with Crippen LogP contribution in [0, 0.1) is 0 Å². The summed E-state index contributed by atoms with van der Waals surface area (Å²) in [5, 5.41) is 0. The van der Waals surface area contributed by atoms with Crippen LogP contribution in [0.1, 0.15) is 8.56 Å². The SMILES string of the molecule is O=S(=O)(O)O.[Ca+2].[Ca+2].[Ca+2].[H-].[H-].[H-].[H-].[H-].[H-].[O]=[Al][OH]. The normalized spacial score (nSPS) is 6.00. The summed E-state index contributed by atoms with van der Waals surface area (Å²) in [7, 11) is -4.67. The van der Waals surface area contributed by atoms with Crippen LogP contribution in [0.25, 0.3) is 0 Å². The average molecular weight is 284 g/mol. The summed E-state index contributed by atoms with van der Waals surface area (Å²) in [6.07, 6.45) is 0. The van der Waals surface area contributed by atoms with E-state index in [1.54, 1.807) is 0 Å². The van der Waals surface area contributed by atoms with E-state index in [0.717, 1.165) is 0 Å². The van der Waals surface area contributed by atoms with Gasteiger partial charge in [-0.1, -0.05) is 0 Å². The van der Waals surface area contributed by atoms with Crippen molar-refractivity contribution in [1.82, 2.24) is 0 Å². The molecule has 0 radical (unpaired) electrons. The molecule has 60 valence electrons. The van der Waals surface area contributed by atoms with Gasteiger partial charge in [-0.25, -0.2) is 0 Å². The minimum atomic E-state index is -4.67. The van der Waals surface area contributed by atoms with Crippen molar-refractivity contribution < 1.29 is 34.0 Å². The van der Waals surface area contributed by atoms with Crippen molar-refractivity contribution in [1.29, 1.82) is 0 Å². The van der Waals surface area contributed by atoms with Gasteiger partial charge in [0.1, 0.15) is 0 Å². The summed E-state index contributed by atoms with van der Waals surface area (Å²) in [6, 6.07) is 0.